The smallest absolute Gasteiger partial charge is 0.0986 e. The van der Waals surface area contributed by atoms with E-state index in [2.05, 4.69) is 56.0 Å². The van der Waals surface area contributed by atoms with Crippen LogP contribution < -0.4 is 5.32 Å². The zero-order valence-electron chi connectivity index (χ0n) is 12.4. The van der Waals surface area contributed by atoms with Gasteiger partial charge in [-0.1, -0.05) is 0 Å². The van der Waals surface area contributed by atoms with Crippen molar-refractivity contribution in [2.24, 2.45) is 0 Å². The third-order valence-electron chi connectivity index (χ3n) is 3.74. The van der Waals surface area contributed by atoms with E-state index in [1.807, 2.05) is 6.20 Å². The molecule has 21 heavy (non-hydrogen) atoms. The molecule has 0 atom stereocenters. The van der Waals surface area contributed by atoms with Gasteiger partial charge in [0.15, 0.2) is 0 Å². The van der Waals surface area contributed by atoms with E-state index in [0.29, 0.717) is 0 Å². The van der Waals surface area contributed by atoms with E-state index in [9.17, 15) is 0 Å². The third kappa shape index (κ3) is 3.17. The van der Waals surface area contributed by atoms with Gasteiger partial charge in [-0.3, -0.25) is 9.67 Å². The van der Waals surface area contributed by atoms with Crippen LogP contribution in [0.15, 0.2) is 22.9 Å². The molecule has 1 N–H and O–H groups in total. The first kappa shape index (κ1) is 14.7. The van der Waals surface area contributed by atoms with Gasteiger partial charge in [-0.2, -0.15) is 5.10 Å². The second-order valence-corrected chi connectivity index (χ2v) is 6.53. The number of rotatable bonds is 4. The zero-order valence-corrected chi connectivity index (χ0v) is 14.0. The molecule has 0 fully saturated rings. The molecule has 0 radical (unpaired) electrons. The largest absolute Gasteiger partial charge is 0.312 e. The first-order chi connectivity index (χ1) is 10.1. The van der Waals surface area contributed by atoms with Crippen molar-refractivity contribution in [1.82, 2.24) is 25.0 Å². The van der Waals surface area contributed by atoms with Gasteiger partial charge in [0.05, 0.1) is 12.2 Å². The molecule has 3 rings (SSSR count). The molecular weight excluding hydrogens is 330 g/mol. The quantitative estimate of drug-likeness (QED) is 0.915. The molecule has 5 nitrogen and oxygen atoms in total. The maximum absolute atomic E-state index is 4.86. The highest BCUT2D eigenvalue weighted by Gasteiger charge is 2.21. The van der Waals surface area contributed by atoms with Crippen LogP contribution in [-0.4, -0.2) is 46.8 Å². The highest BCUT2D eigenvalue weighted by Crippen LogP contribution is 2.28. The highest BCUT2D eigenvalue weighted by molar-refractivity contribution is 9.10. The summed E-state index contributed by atoms with van der Waals surface area (Å²) in [5, 5.41) is 8.31. The molecule has 0 aliphatic carbocycles. The van der Waals surface area contributed by atoms with E-state index in [-0.39, 0.29) is 0 Å². The molecule has 0 amide bonds. The predicted octanol–water partition coefficient (Wildman–Crippen LogP) is 1.91. The number of nitrogens with zero attached hydrogens (tertiary/aromatic N) is 4. The van der Waals surface area contributed by atoms with Gasteiger partial charge in [0.25, 0.3) is 0 Å². The number of fused-ring (bicyclic) bond motifs is 1. The van der Waals surface area contributed by atoms with Crippen molar-refractivity contribution >= 4 is 15.9 Å². The second kappa shape index (κ2) is 6.25. The minimum absolute atomic E-state index is 0.888. The minimum Gasteiger partial charge on any atom is -0.312 e. The summed E-state index contributed by atoms with van der Waals surface area (Å²) in [4.78, 5) is 6.46. The summed E-state index contributed by atoms with van der Waals surface area (Å²) in [6, 6.07) is 2.08. The van der Waals surface area contributed by atoms with Crippen molar-refractivity contribution in [3.8, 4) is 11.3 Å². The Balaban J connectivity index is 2.00. The fourth-order valence-electron chi connectivity index (χ4n) is 2.67. The normalized spacial score (nSPS) is 14.5. The standard InChI is InChI=1S/C15H20BrN5/c1-20(2)5-6-21-14-3-4-17-10-13(14)15(19-21)11-7-12(16)9-18-8-11/h7-9,17H,3-6,10H2,1-2H3. The Morgan fingerprint density at radius 3 is 3.00 bits per heavy atom. The van der Waals surface area contributed by atoms with Crippen molar-refractivity contribution in [1.29, 1.82) is 0 Å². The Bertz CT molecular complexity index is 635. The number of pyridine rings is 1. The van der Waals surface area contributed by atoms with Crippen LogP contribution in [0, 0.1) is 0 Å². The van der Waals surface area contributed by atoms with Gasteiger partial charge in [0.2, 0.25) is 0 Å². The highest BCUT2D eigenvalue weighted by atomic mass is 79.9. The Morgan fingerprint density at radius 2 is 2.24 bits per heavy atom. The van der Waals surface area contributed by atoms with Crippen LogP contribution in [0.2, 0.25) is 0 Å². The summed E-state index contributed by atoms with van der Waals surface area (Å²) in [6.07, 6.45) is 4.73. The molecule has 0 bridgehead atoms. The van der Waals surface area contributed by atoms with Gasteiger partial charge in [0.1, 0.15) is 0 Å². The first-order valence-electron chi connectivity index (χ1n) is 7.20. The van der Waals surface area contributed by atoms with E-state index in [1.165, 1.54) is 11.3 Å². The molecule has 0 spiro atoms. The fourth-order valence-corrected chi connectivity index (χ4v) is 3.04. The average molecular weight is 350 g/mol. The molecule has 1 aliphatic rings. The number of nitrogens with one attached hydrogen (secondary N) is 1. The molecule has 2 aromatic rings. The summed E-state index contributed by atoms with van der Waals surface area (Å²) >= 11 is 3.49. The maximum atomic E-state index is 4.86. The zero-order chi connectivity index (χ0) is 14.8. The minimum atomic E-state index is 0.888. The van der Waals surface area contributed by atoms with Gasteiger partial charge in [-0.15, -0.1) is 0 Å². The SMILES string of the molecule is CN(C)CCn1nc(-c2cncc(Br)c2)c2c1CCNC2. The van der Waals surface area contributed by atoms with Gasteiger partial charge in [0, 0.05) is 59.7 Å². The van der Waals surface area contributed by atoms with Crippen LogP contribution in [0.25, 0.3) is 11.3 Å². The summed E-state index contributed by atoms with van der Waals surface area (Å²) in [6.45, 7) is 3.84. The molecule has 3 heterocycles. The summed E-state index contributed by atoms with van der Waals surface area (Å²) in [5.74, 6) is 0. The number of likely N-dealkylation sites (N-methyl/N-ethyl adjacent to an activating group) is 1. The maximum Gasteiger partial charge on any atom is 0.0986 e. The number of aromatic nitrogens is 3. The molecule has 2 aromatic heterocycles. The van der Waals surface area contributed by atoms with Crippen molar-refractivity contribution in [2.45, 2.75) is 19.5 Å². The Morgan fingerprint density at radius 1 is 1.38 bits per heavy atom. The number of halogens is 1. The average Bonchev–Trinajstić information content (AvgIpc) is 2.84. The summed E-state index contributed by atoms with van der Waals surface area (Å²) in [7, 11) is 4.19. The Labute approximate surface area is 133 Å². The van der Waals surface area contributed by atoms with E-state index in [0.717, 1.165) is 48.3 Å². The van der Waals surface area contributed by atoms with Crippen LogP contribution in [0.1, 0.15) is 11.3 Å². The summed E-state index contributed by atoms with van der Waals surface area (Å²) < 4.78 is 3.16. The number of hydrogen-bond donors (Lipinski definition) is 1. The predicted molar refractivity (Wildman–Crippen MR) is 87.1 cm³/mol. The van der Waals surface area contributed by atoms with E-state index >= 15 is 0 Å². The van der Waals surface area contributed by atoms with Gasteiger partial charge < -0.3 is 10.2 Å². The van der Waals surface area contributed by atoms with Crippen LogP contribution >= 0.6 is 15.9 Å². The van der Waals surface area contributed by atoms with Crippen LogP contribution in [0.4, 0.5) is 0 Å². The van der Waals surface area contributed by atoms with E-state index in [4.69, 9.17) is 5.10 Å². The van der Waals surface area contributed by atoms with Crippen molar-refractivity contribution in [3.05, 3.63) is 34.2 Å². The number of hydrogen-bond acceptors (Lipinski definition) is 4. The molecule has 112 valence electrons. The third-order valence-corrected chi connectivity index (χ3v) is 4.18. The lowest BCUT2D eigenvalue weighted by atomic mass is 10.0. The molecule has 0 aromatic carbocycles. The summed E-state index contributed by atoms with van der Waals surface area (Å²) in [5.41, 5.74) is 4.82. The fraction of sp³-hybridized carbons (Fsp3) is 0.467. The Hall–Kier alpha value is -1.24. The lowest BCUT2D eigenvalue weighted by molar-refractivity contribution is 0.368. The topological polar surface area (TPSA) is 46.0 Å². The van der Waals surface area contributed by atoms with E-state index < -0.39 is 0 Å². The monoisotopic (exact) mass is 349 g/mol. The van der Waals surface area contributed by atoms with Crippen LogP contribution in [0.5, 0.6) is 0 Å². The van der Waals surface area contributed by atoms with Gasteiger partial charge >= 0.3 is 0 Å². The Kier molecular flexibility index (Phi) is 4.37. The molecule has 0 unspecified atom stereocenters. The van der Waals surface area contributed by atoms with Crippen molar-refractivity contribution in [3.63, 3.8) is 0 Å². The van der Waals surface area contributed by atoms with Crippen molar-refractivity contribution < 1.29 is 0 Å². The van der Waals surface area contributed by atoms with Gasteiger partial charge in [-0.05, 0) is 36.1 Å². The van der Waals surface area contributed by atoms with E-state index in [1.54, 1.807) is 6.20 Å². The molecule has 1 aliphatic heterocycles. The lowest BCUT2D eigenvalue weighted by Crippen LogP contribution is -2.26. The first-order valence-corrected chi connectivity index (χ1v) is 7.99. The molecule has 6 heteroatoms. The molecule has 0 saturated carbocycles. The van der Waals surface area contributed by atoms with Crippen LogP contribution in [0.3, 0.4) is 0 Å². The molecule has 0 saturated heterocycles. The second-order valence-electron chi connectivity index (χ2n) is 5.62. The molecular formula is C15H20BrN5. The lowest BCUT2D eigenvalue weighted by Gasteiger charge is -2.16. The van der Waals surface area contributed by atoms with Crippen LogP contribution in [-0.2, 0) is 19.5 Å². The van der Waals surface area contributed by atoms with Gasteiger partial charge in [-0.25, -0.2) is 0 Å². The van der Waals surface area contributed by atoms with Crippen molar-refractivity contribution in [2.75, 3.05) is 27.2 Å².